The van der Waals surface area contributed by atoms with Gasteiger partial charge in [-0.25, -0.2) is 4.79 Å². The molecule has 0 spiro atoms. The molecule has 0 aliphatic heterocycles. The Morgan fingerprint density at radius 2 is 1.70 bits per heavy atom. The Kier molecular flexibility index (Phi) is 12.4. The van der Waals surface area contributed by atoms with Crippen molar-refractivity contribution in [2.75, 3.05) is 6.61 Å². The van der Waals surface area contributed by atoms with Crippen LogP contribution in [0.2, 0.25) is 0 Å². The number of aliphatic hydroxyl groups is 1. The Balaban J connectivity index is 2.53. The smallest absolute Gasteiger partial charge is 0.408 e. The molecule has 8 nitrogen and oxygen atoms in total. The second kappa shape index (κ2) is 15.2. The van der Waals surface area contributed by atoms with E-state index in [4.69, 9.17) is 4.74 Å². The number of rotatable bonds is 13. The van der Waals surface area contributed by atoms with Gasteiger partial charge in [0.15, 0.2) is 0 Å². The topological polar surface area (TPSA) is 108 Å². The van der Waals surface area contributed by atoms with Crippen molar-refractivity contribution in [3.63, 3.8) is 0 Å². The van der Waals surface area contributed by atoms with Crippen LogP contribution in [0.4, 0.5) is 4.79 Å². The van der Waals surface area contributed by atoms with Crippen molar-refractivity contribution in [2.45, 2.75) is 84.7 Å². The first kappa shape index (κ1) is 32.6. The van der Waals surface area contributed by atoms with Crippen LogP contribution in [-0.2, 0) is 20.9 Å². The quantitative estimate of drug-likeness (QED) is 0.316. The summed E-state index contributed by atoms with van der Waals surface area (Å²) in [5, 5.41) is 15.7. The van der Waals surface area contributed by atoms with Crippen molar-refractivity contribution in [1.29, 1.82) is 0 Å². The predicted molar refractivity (Wildman–Crippen MR) is 158 cm³/mol. The van der Waals surface area contributed by atoms with E-state index in [1.165, 1.54) is 4.90 Å². The minimum Gasteiger partial charge on any atom is -0.444 e. The number of hydrogen-bond acceptors (Lipinski definition) is 5. The first-order valence-electron chi connectivity index (χ1n) is 13.8. The summed E-state index contributed by atoms with van der Waals surface area (Å²) < 4.78 is 5.33. The van der Waals surface area contributed by atoms with Crippen molar-refractivity contribution in [3.05, 3.63) is 77.9 Å². The molecule has 8 heteroatoms. The molecule has 0 heterocycles. The fourth-order valence-corrected chi connectivity index (χ4v) is 4.30. The highest BCUT2D eigenvalue weighted by molar-refractivity contribution is 5.92. The fraction of sp³-hybridized carbons (Fsp3) is 0.469. The van der Waals surface area contributed by atoms with E-state index in [0.29, 0.717) is 17.9 Å². The lowest BCUT2D eigenvalue weighted by Gasteiger charge is -2.38. The van der Waals surface area contributed by atoms with E-state index < -0.39 is 36.3 Å². The Hall–Kier alpha value is -3.65. The van der Waals surface area contributed by atoms with Crippen LogP contribution < -0.4 is 10.6 Å². The summed E-state index contributed by atoms with van der Waals surface area (Å²) in [5.41, 5.74) is 1.52. The van der Waals surface area contributed by atoms with Crippen LogP contribution in [0.15, 0.2) is 61.2 Å². The number of alkyl carbamates (subject to hydrolysis) is 1. The number of nitrogens with one attached hydrogen (secondary N) is 2. The van der Waals surface area contributed by atoms with E-state index in [2.05, 4.69) is 31.1 Å². The van der Waals surface area contributed by atoms with Crippen molar-refractivity contribution in [3.8, 4) is 0 Å². The van der Waals surface area contributed by atoms with Gasteiger partial charge in [-0.1, -0.05) is 75.0 Å². The lowest BCUT2D eigenvalue weighted by Crippen LogP contribution is -2.56. The number of aliphatic hydroxyl groups excluding tert-OH is 1. The van der Waals surface area contributed by atoms with Crippen LogP contribution in [0.3, 0.4) is 0 Å². The van der Waals surface area contributed by atoms with Crippen LogP contribution in [0, 0.1) is 5.92 Å². The van der Waals surface area contributed by atoms with Gasteiger partial charge in [0.05, 0.1) is 6.61 Å². The molecule has 218 valence electrons. The van der Waals surface area contributed by atoms with Gasteiger partial charge in [-0.2, -0.15) is 0 Å². The molecule has 2 rings (SSSR count). The summed E-state index contributed by atoms with van der Waals surface area (Å²) in [6, 6.07) is 14.1. The number of hydrogen-bond donors (Lipinski definition) is 3. The van der Waals surface area contributed by atoms with Crippen LogP contribution in [-0.4, -0.2) is 52.2 Å². The van der Waals surface area contributed by atoms with Gasteiger partial charge in [0.25, 0.3) is 0 Å². The molecule has 3 unspecified atom stereocenters. The van der Waals surface area contributed by atoms with Gasteiger partial charge in [-0.15, -0.1) is 0 Å². The molecule has 0 bridgehead atoms. The molecule has 0 saturated carbocycles. The summed E-state index contributed by atoms with van der Waals surface area (Å²) in [7, 11) is 0. The number of benzene rings is 2. The number of amides is 3. The lowest BCUT2D eigenvalue weighted by atomic mass is 9.96. The Morgan fingerprint density at radius 1 is 1.02 bits per heavy atom. The SMILES string of the molecule is C=Cc1cccc(C(C(=O)NCc2ccccc2)N(C(=O)C(CO)NC(=O)OC(C)(C)C)C(C)CCC(C)C)c1. The Morgan fingerprint density at radius 3 is 2.27 bits per heavy atom. The van der Waals surface area contributed by atoms with Crippen molar-refractivity contribution in [1.82, 2.24) is 15.5 Å². The van der Waals surface area contributed by atoms with Gasteiger partial charge in [-0.3, -0.25) is 9.59 Å². The number of ether oxygens (including phenoxy) is 1. The first-order chi connectivity index (χ1) is 18.9. The number of carbonyl (C=O) groups is 3. The van der Waals surface area contributed by atoms with E-state index >= 15 is 0 Å². The van der Waals surface area contributed by atoms with Crippen molar-refractivity contribution >= 4 is 24.0 Å². The maximum absolute atomic E-state index is 14.1. The van der Waals surface area contributed by atoms with Crippen LogP contribution in [0.25, 0.3) is 6.08 Å². The molecule has 2 aromatic rings. The van der Waals surface area contributed by atoms with Gasteiger partial charge in [0, 0.05) is 12.6 Å². The molecule has 0 aromatic heterocycles. The maximum atomic E-state index is 14.1. The minimum atomic E-state index is -1.30. The summed E-state index contributed by atoms with van der Waals surface area (Å²) in [5.74, 6) is -0.570. The molecule has 0 aliphatic carbocycles. The largest absolute Gasteiger partial charge is 0.444 e. The second-order valence-corrected chi connectivity index (χ2v) is 11.4. The van der Waals surface area contributed by atoms with E-state index in [0.717, 1.165) is 17.5 Å². The van der Waals surface area contributed by atoms with Gasteiger partial charge in [-0.05, 0) is 69.2 Å². The van der Waals surface area contributed by atoms with E-state index in [-0.39, 0.29) is 18.5 Å². The fourth-order valence-electron chi connectivity index (χ4n) is 4.30. The third kappa shape index (κ3) is 10.2. The first-order valence-corrected chi connectivity index (χ1v) is 13.8. The normalized spacial score (nSPS) is 13.6. The molecule has 0 aliphatic rings. The van der Waals surface area contributed by atoms with Crippen molar-refractivity contribution < 1.29 is 24.2 Å². The second-order valence-electron chi connectivity index (χ2n) is 11.4. The summed E-state index contributed by atoms with van der Waals surface area (Å²) >= 11 is 0. The van der Waals surface area contributed by atoms with E-state index in [1.54, 1.807) is 32.9 Å². The van der Waals surface area contributed by atoms with Gasteiger partial charge < -0.3 is 25.4 Å². The monoisotopic (exact) mass is 551 g/mol. The standard InChI is InChI=1S/C32H45N3O5/c1-8-24-15-12-16-26(19-24)28(29(37)33-20-25-13-10-9-11-14-25)35(23(4)18-17-22(2)3)30(38)27(21-36)34-31(39)40-32(5,6)7/h8-16,19,22-23,27-28,36H,1,17-18,20-21H2,2-7H3,(H,33,37)(H,34,39). The highest BCUT2D eigenvalue weighted by Crippen LogP contribution is 2.28. The lowest BCUT2D eigenvalue weighted by molar-refractivity contribution is -0.146. The molecule has 0 radical (unpaired) electrons. The number of nitrogens with zero attached hydrogens (tertiary/aromatic N) is 1. The minimum absolute atomic E-state index is 0.277. The zero-order chi connectivity index (χ0) is 29.9. The van der Waals surface area contributed by atoms with Crippen molar-refractivity contribution in [2.24, 2.45) is 5.92 Å². The zero-order valence-corrected chi connectivity index (χ0v) is 24.6. The highest BCUT2D eigenvalue weighted by atomic mass is 16.6. The van der Waals surface area contributed by atoms with Gasteiger partial charge in [0.1, 0.15) is 17.7 Å². The average Bonchev–Trinajstić information content (AvgIpc) is 2.91. The highest BCUT2D eigenvalue weighted by Gasteiger charge is 2.38. The van der Waals surface area contributed by atoms with Gasteiger partial charge >= 0.3 is 6.09 Å². The van der Waals surface area contributed by atoms with Crippen LogP contribution >= 0.6 is 0 Å². The molecule has 3 N–H and O–H groups in total. The molecular formula is C32H45N3O5. The van der Waals surface area contributed by atoms with E-state index in [1.807, 2.05) is 55.5 Å². The molecule has 40 heavy (non-hydrogen) atoms. The predicted octanol–water partition coefficient (Wildman–Crippen LogP) is 5.23. The molecule has 3 atom stereocenters. The third-order valence-corrected chi connectivity index (χ3v) is 6.36. The number of carbonyl (C=O) groups excluding carboxylic acids is 3. The maximum Gasteiger partial charge on any atom is 0.408 e. The molecule has 3 amide bonds. The Bertz CT molecular complexity index is 1130. The Labute approximate surface area is 238 Å². The van der Waals surface area contributed by atoms with E-state index in [9.17, 15) is 19.5 Å². The van der Waals surface area contributed by atoms with Crippen LogP contribution in [0.5, 0.6) is 0 Å². The molecular weight excluding hydrogens is 506 g/mol. The van der Waals surface area contributed by atoms with Gasteiger partial charge in [0.2, 0.25) is 11.8 Å². The van der Waals surface area contributed by atoms with Crippen LogP contribution in [0.1, 0.15) is 77.1 Å². The summed E-state index contributed by atoms with van der Waals surface area (Å²) in [6.45, 7) is 14.7. The average molecular weight is 552 g/mol. The third-order valence-electron chi connectivity index (χ3n) is 6.36. The molecule has 0 saturated heterocycles. The molecule has 2 aromatic carbocycles. The zero-order valence-electron chi connectivity index (χ0n) is 24.6. The summed E-state index contributed by atoms with van der Waals surface area (Å²) in [6.07, 6.45) is 2.29. The summed E-state index contributed by atoms with van der Waals surface area (Å²) in [4.78, 5) is 42.1. The molecule has 0 fully saturated rings.